The molecule has 0 fully saturated rings. The lowest BCUT2D eigenvalue weighted by atomic mass is 10.2. The fourth-order valence-corrected chi connectivity index (χ4v) is 2.99. The topological polar surface area (TPSA) is 88.0 Å². The van der Waals surface area contributed by atoms with Crippen molar-refractivity contribution < 1.29 is 9.59 Å². The molecule has 3 N–H and O–H groups in total. The molecule has 0 unspecified atom stereocenters. The molecule has 2 rings (SSSR count). The molecule has 2 aromatic rings. The lowest BCUT2D eigenvalue weighted by Crippen LogP contribution is -2.40. The Hall–Kier alpha value is -2.35. The zero-order valence-electron chi connectivity index (χ0n) is 15.2. The van der Waals surface area contributed by atoms with E-state index in [-0.39, 0.29) is 18.5 Å². The number of halogens is 1. The maximum Gasteiger partial charge on any atom is 0.315 e. The standard InChI is InChI=1S/C18H24BrN5O2/c1-12-9-15(19)5-6-16(12)22-17(25)11-21-18(26)20-7-4-8-24-14(3)10-13(2)23-24/h5-6,9-10H,4,7-8,11H2,1-3H3,(H,22,25)(H2,20,21,26). The quantitative estimate of drug-likeness (QED) is 0.600. The van der Waals surface area contributed by atoms with Crippen molar-refractivity contribution in [3.8, 4) is 0 Å². The number of nitrogens with one attached hydrogen (secondary N) is 3. The number of hydrogen-bond acceptors (Lipinski definition) is 3. The van der Waals surface area contributed by atoms with Crippen molar-refractivity contribution in [2.75, 3.05) is 18.4 Å². The summed E-state index contributed by atoms with van der Waals surface area (Å²) >= 11 is 3.38. The van der Waals surface area contributed by atoms with Crippen LogP contribution in [-0.4, -0.2) is 34.8 Å². The van der Waals surface area contributed by atoms with Crippen LogP contribution in [0.25, 0.3) is 0 Å². The molecule has 140 valence electrons. The van der Waals surface area contributed by atoms with Crippen molar-refractivity contribution in [2.45, 2.75) is 33.7 Å². The number of hydrogen-bond donors (Lipinski definition) is 3. The largest absolute Gasteiger partial charge is 0.338 e. The van der Waals surface area contributed by atoms with Gasteiger partial charge in [-0.1, -0.05) is 15.9 Å². The predicted molar refractivity (Wildman–Crippen MR) is 105 cm³/mol. The van der Waals surface area contributed by atoms with Gasteiger partial charge in [-0.15, -0.1) is 0 Å². The third kappa shape index (κ3) is 6.18. The van der Waals surface area contributed by atoms with Crippen molar-refractivity contribution in [3.63, 3.8) is 0 Å². The first-order chi connectivity index (χ1) is 12.3. The fraction of sp³-hybridized carbons (Fsp3) is 0.389. The van der Waals surface area contributed by atoms with Crippen molar-refractivity contribution in [1.29, 1.82) is 0 Å². The molecule has 0 aliphatic carbocycles. The monoisotopic (exact) mass is 421 g/mol. The molecule has 3 amide bonds. The number of amides is 3. The summed E-state index contributed by atoms with van der Waals surface area (Å²) in [7, 11) is 0. The summed E-state index contributed by atoms with van der Waals surface area (Å²) in [6, 6.07) is 7.24. The van der Waals surface area contributed by atoms with Crippen LogP contribution in [-0.2, 0) is 11.3 Å². The fourth-order valence-electron chi connectivity index (χ4n) is 2.52. The van der Waals surface area contributed by atoms with E-state index in [0.29, 0.717) is 6.54 Å². The van der Waals surface area contributed by atoms with Gasteiger partial charge in [-0.25, -0.2) is 4.79 Å². The van der Waals surface area contributed by atoms with Gasteiger partial charge >= 0.3 is 6.03 Å². The van der Waals surface area contributed by atoms with Crippen molar-refractivity contribution in [3.05, 3.63) is 45.7 Å². The first-order valence-electron chi connectivity index (χ1n) is 8.44. The van der Waals surface area contributed by atoms with Crippen LogP contribution in [0.3, 0.4) is 0 Å². The van der Waals surface area contributed by atoms with Crippen LogP contribution in [0.1, 0.15) is 23.4 Å². The third-order valence-corrected chi connectivity index (χ3v) is 4.30. The number of urea groups is 1. The summed E-state index contributed by atoms with van der Waals surface area (Å²) < 4.78 is 2.87. The van der Waals surface area contributed by atoms with Gasteiger partial charge < -0.3 is 16.0 Å². The molecule has 26 heavy (non-hydrogen) atoms. The number of carbonyl (C=O) groups excluding carboxylic acids is 2. The van der Waals surface area contributed by atoms with Crippen LogP contribution in [0.15, 0.2) is 28.7 Å². The maximum atomic E-state index is 11.9. The van der Waals surface area contributed by atoms with Crippen molar-refractivity contribution in [1.82, 2.24) is 20.4 Å². The summed E-state index contributed by atoms with van der Waals surface area (Å²) in [5.41, 5.74) is 3.76. The molecular formula is C18H24BrN5O2. The molecule has 7 nitrogen and oxygen atoms in total. The molecule has 0 saturated carbocycles. The van der Waals surface area contributed by atoms with Gasteiger partial charge in [-0.3, -0.25) is 9.48 Å². The van der Waals surface area contributed by atoms with Crippen LogP contribution in [0.5, 0.6) is 0 Å². The summed E-state index contributed by atoms with van der Waals surface area (Å²) in [6.45, 7) is 7.03. The summed E-state index contributed by atoms with van der Waals surface area (Å²) in [5.74, 6) is -0.270. The molecular weight excluding hydrogens is 398 g/mol. The van der Waals surface area contributed by atoms with E-state index in [1.165, 1.54) is 0 Å². The van der Waals surface area contributed by atoms with Gasteiger partial charge in [-0.2, -0.15) is 5.10 Å². The van der Waals surface area contributed by atoms with Gasteiger partial charge in [0.05, 0.1) is 12.2 Å². The highest BCUT2D eigenvalue weighted by atomic mass is 79.9. The Kier molecular flexibility index (Phi) is 7.20. The van der Waals surface area contributed by atoms with Gasteiger partial charge in [0.25, 0.3) is 0 Å². The first kappa shape index (κ1) is 20.0. The summed E-state index contributed by atoms with van der Waals surface area (Å²) in [5, 5.41) is 12.4. The van der Waals surface area contributed by atoms with E-state index >= 15 is 0 Å². The van der Waals surface area contributed by atoms with E-state index in [2.05, 4.69) is 37.0 Å². The number of anilines is 1. The molecule has 8 heteroatoms. The number of benzene rings is 1. The number of nitrogens with zero attached hydrogens (tertiary/aromatic N) is 2. The molecule has 0 aliphatic heterocycles. The van der Waals surface area contributed by atoms with Gasteiger partial charge in [0, 0.05) is 28.9 Å². The van der Waals surface area contributed by atoms with E-state index < -0.39 is 0 Å². The van der Waals surface area contributed by atoms with Gasteiger partial charge in [0.2, 0.25) is 5.91 Å². The molecule has 0 radical (unpaired) electrons. The average molecular weight is 422 g/mol. The Morgan fingerprint density at radius 3 is 2.58 bits per heavy atom. The second-order valence-corrected chi connectivity index (χ2v) is 7.04. The molecule has 0 spiro atoms. The normalized spacial score (nSPS) is 10.5. The molecule has 0 saturated heterocycles. The molecule has 1 aromatic heterocycles. The SMILES string of the molecule is Cc1cc(C)n(CCCNC(=O)NCC(=O)Nc2ccc(Br)cc2C)n1. The minimum Gasteiger partial charge on any atom is -0.338 e. The van der Waals surface area contributed by atoms with Crippen LogP contribution >= 0.6 is 15.9 Å². The zero-order chi connectivity index (χ0) is 19.1. The number of aromatic nitrogens is 2. The van der Waals surface area contributed by atoms with Crippen LogP contribution < -0.4 is 16.0 Å². The molecule has 0 aliphatic rings. The minimum atomic E-state index is -0.360. The maximum absolute atomic E-state index is 11.9. The lowest BCUT2D eigenvalue weighted by molar-refractivity contribution is -0.115. The van der Waals surface area contributed by atoms with Crippen molar-refractivity contribution >= 4 is 33.6 Å². The highest BCUT2D eigenvalue weighted by molar-refractivity contribution is 9.10. The first-order valence-corrected chi connectivity index (χ1v) is 9.23. The van der Waals surface area contributed by atoms with Gasteiger partial charge in [-0.05, 0) is 57.0 Å². The number of carbonyl (C=O) groups is 2. The van der Waals surface area contributed by atoms with Crippen LogP contribution in [0.2, 0.25) is 0 Å². The smallest absolute Gasteiger partial charge is 0.315 e. The Balaban J connectivity index is 1.65. The summed E-state index contributed by atoms with van der Waals surface area (Å²) in [4.78, 5) is 23.7. The van der Waals surface area contributed by atoms with E-state index in [4.69, 9.17) is 0 Å². The third-order valence-electron chi connectivity index (χ3n) is 3.81. The Bertz CT molecular complexity index is 788. The van der Waals surface area contributed by atoms with Crippen molar-refractivity contribution in [2.24, 2.45) is 0 Å². The predicted octanol–water partition coefficient (Wildman–Crippen LogP) is 2.90. The molecule has 0 bridgehead atoms. The lowest BCUT2D eigenvalue weighted by Gasteiger charge is -2.10. The highest BCUT2D eigenvalue weighted by Gasteiger charge is 2.07. The van der Waals surface area contributed by atoms with Gasteiger partial charge in [0.15, 0.2) is 0 Å². The van der Waals surface area contributed by atoms with Crippen LogP contribution in [0, 0.1) is 20.8 Å². The molecule has 1 heterocycles. The second kappa shape index (κ2) is 9.38. The van der Waals surface area contributed by atoms with E-state index in [1.54, 1.807) is 0 Å². The van der Waals surface area contributed by atoms with E-state index in [1.807, 2.05) is 49.7 Å². The second-order valence-electron chi connectivity index (χ2n) is 6.12. The molecule has 0 atom stereocenters. The Morgan fingerprint density at radius 1 is 1.15 bits per heavy atom. The Morgan fingerprint density at radius 2 is 1.92 bits per heavy atom. The number of rotatable bonds is 7. The number of aryl methyl sites for hydroxylation is 4. The van der Waals surface area contributed by atoms with E-state index in [0.717, 1.165) is 40.1 Å². The summed E-state index contributed by atoms with van der Waals surface area (Å²) in [6.07, 6.45) is 0.764. The van der Waals surface area contributed by atoms with Gasteiger partial charge in [0.1, 0.15) is 0 Å². The minimum absolute atomic E-state index is 0.0845. The Labute approximate surface area is 161 Å². The average Bonchev–Trinajstić information content (AvgIpc) is 2.90. The zero-order valence-corrected chi connectivity index (χ0v) is 16.8. The van der Waals surface area contributed by atoms with E-state index in [9.17, 15) is 9.59 Å². The molecule has 1 aromatic carbocycles. The van der Waals surface area contributed by atoms with Crippen LogP contribution in [0.4, 0.5) is 10.5 Å². The highest BCUT2D eigenvalue weighted by Crippen LogP contribution is 2.19.